The van der Waals surface area contributed by atoms with Crippen LogP contribution in [0, 0.1) is 6.92 Å². The van der Waals surface area contributed by atoms with Crippen molar-refractivity contribution in [1.82, 2.24) is 10.2 Å². The van der Waals surface area contributed by atoms with Crippen LogP contribution in [-0.2, 0) is 11.2 Å². The number of aromatic nitrogens is 2. The molecule has 1 aliphatic rings. The predicted octanol–water partition coefficient (Wildman–Crippen LogP) is 4.08. The van der Waals surface area contributed by atoms with Gasteiger partial charge in [-0.1, -0.05) is 25.5 Å². The molecule has 6 heteroatoms. The second kappa shape index (κ2) is 6.62. The minimum atomic E-state index is -0.0771. The first-order valence-corrected chi connectivity index (χ1v) is 9.05. The van der Waals surface area contributed by atoms with E-state index in [4.69, 9.17) is 0 Å². The molecule has 0 aliphatic carbocycles. The van der Waals surface area contributed by atoms with Gasteiger partial charge in [-0.05, 0) is 25.0 Å². The Morgan fingerprint density at radius 1 is 1.45 bits per heavy atom. The summed E-state index contributed by atoms with van der Waals surface area (Å²) in [6.07, 6.45) is 9.56. The Labute approximate surface area is 137 Å². The summed E-state index contributed by atoms with van der Waals surface area (Å²) in [5.41, 5.74) is 2.83. The van der Waals surface area contributed by atoms with Crippen molar-refractivity contribution >= 4 is 44.9 Å². The van der Waals surface area contributed by atoms with E-state index in [1.807, 2.05) is 18.2 Å². The van der Waals surface area contributed by atoms with Crippen LogP contribution >= 0.6 is 23.1 Å². The van der Waals surface area contributed by atoms with Crippen molar-refractivity contribution in [3.63, 3.8) is 0 Å². The first kappa shape index (κ1) is 15.2. The molecule has 0 fully saturated rings. The number of nitrogens with zero attached hydrogens (tertiary/aromatic N) is 2. The Morgan fingerprint density at radius 2 is 2.32 bits per heavy atom. The quantitative estimate of drug-likeness (QED) is 0.917. The summed E-state index contributed by atoms with van der Waals surface area (Å²) in [5, 5.41) is 11.3. The highest BCUT2D eigenvalue weighted by molar-refractivity contribution is 8.04. The third-order valence-corrected chi connectivity index (χ3v) is 5.84. The molecule has 1 aliphatic heterocycles. The van der Waals surface area contributed by atoms with Gasteiger partial charge in [-0.25, -0.2) is 0 Å². The van der Waals surface area contributed by atoms with Crippen LogP contribution in [0.4, 0.5) is 5.69 Å². The minimum Gasteiger partial charge on any atom is -0.319 e. The van der Waals surface area contributed by atoms with Crippen LogP contribution in [0.2, 0.25) is 0 Å². The number of thiophene rings is 1. The lowest BCUT2D eigenvalue weighted by Crippen LogP contribution is -2.14. The SMILES string of the molecule is CCCc1sc2c(NC(=O)C3=CC=CCS3)cnnc2c1C. The average Bonchev–Trinajstić information content (AvgIpc) is 2.86. The van der Waals surface area contributed by atoms with E-state index in [9.17, 15) is 4.79 Å². The molecule has 0 aromatic carbocycles. The van der Waals surface area contributed by atoms with Crippen molar-refractivity contribution in [3.8, 4) is 0 Å². The summed E-state index contributed by atoms with van der Waals surface area (Å²) in [6.45, 7) is 4.24. The molecular formula is C16H17N3OS2. The van der Waals surface area contributed by atoms with Gasteiger partial charge in [-0.3, -0.25) is 4.79 Å². The van der Waals surface area contributed by atoms with Gasteiger partial charge < -0.3 is 5.32 Å². The van der Waals surface area contributed by atoms with Gasteiger partial charge in [0.2, 0.25) is 0 Å². The first-order valence-electron chi connectivity index (χ1n) is 7.25. The third kappa shape index (κ3) is 2.94. The topological polar surface area (TPSA) is 54.9 Å². The van der Waals surface area contributed by atoms with Gasteiger partial charge in [0.15, 0.2) is 0 Å². The number of nitrogens with one attached hydrogen (secondary N) is 1. The third-order valence-electron chi connectivity index (χ3n) is 3.47. The van der Waals surface area contributed by atoms with E-state index in [2.05, 4.69) is 29.4 Å². The molecule has 114 valence electrons. The molecule has 0 unspecified atom stereocenters. The number of carbonyl (C=O) groups excluding carboxylic acids is 1. The van der Waals surface area contributed by atoms with Crippen molar-refractivity contribution in [3.05, 3.63) is 39.8 Å². The minimum absolute atomic E-state index is 0.0771. The van der Waals surface area contributed by atoms with E-state index in [0.29, 0.717) is 0 Å². The fraction of sp³-hybridized carbons (Fsp3) is 0.312. The molecule has 4 nitrogen and oxygen atoms in total. The fourth-order valence-corrected chi connectivity index (χ4v) is 4.38. The molecule has 0 saturated carbocycles. The Hall–Kier alpha value is -1.66. The Bertz CT molecular complexity index is 777. The van der Waals surface area contributed by atoms with Crippen LogP contribution in [0.15, 0.2) is 29.3 Å². The smallest absolute Gasteiger partial charge is 0.262 e. The molecule has 2 aromatic heterocycles. The molecule has 0 atom stereocenters. The summed E-state index contributed by atoms with van der Waals surface area (Å²) in [6, 6.07) is 0. The van der Waals surface area contributed by atoms with E-state index in [1.165, 1.54) is 10.4 Å². The van der Waals surface area contributed by atoms with Crippen molar-refractivity contribution in [2.75, 3.05) is 11.1 Å². The number of allylic oxidation sites excluding steroid dienone is 2. The van der Waals surface area contributed by atoms with E-state index in [0.717, 1.165) is 39.4 Å². The number of hydrogen-bond acceptors (Lipinski definition) is 5. The lowest BCUT2D eigenvalue weighted by molar-refractivity contribution is -0.112. The largest absolute Gasteiger partial charge is 0.319 e. The summed E-state index contributed by atoms with van der Waals surface area (Å²) in [4.78, 5) is 14.4. The highest BCUT2D eigenvalue weighted by Crippen LogP contribution is 2.35. The summed E-state index contributed by atoms with van der Waals surface area (Å²) >= 11 is 3.25. The lowest BCUT2D eigenvalue weighted by Gasteiger charge is -2.09. The number of amides is 1. The summed E-state index contributed by atoms with van der Waals surface area (Å²) in [7, 11) is 0. The average molecular weight is 331 g/mol. The zero-order chi connectivity index (χ0) is 15.5. The van der Waals surface area contributed by atoms with Crippen LogP contribution in [0.3, 0.4) is 0 Å². The number of aryl methyl sites for hydroxylation is 2. The maximum absolute atomic E-state index is 12.4. The molecule has 0 bridgehead atoms. The van der Waals surface area contributed by atoms with Gasteiger partial charge in [-0.15, -0.1) is 28.2 Å². The lowest BCUT2D eigenvalue weighted by atomic mass is 10.2. The summed E-state index contributed by atoms with van der Waals surface area (Å²) < 4.78 is 1.02. The highest BCUT2D eigenvalue weighted by atomic mass is 32.2. The zero-order valence-electron chi connectivity index (χ0n) is 12.5. The van der Waals surface area contributed by atoms with Gasteiger partial charge in [0.25, 0.3) is 5.91 Å². The van der Waals surface area contributed by atoms with E-state index in [-0.39, 0.29) is 5.91 Å². The zero-order valence-corrected chi connectivity index (χ0v) is 14.2. The second-order valence-electron chi connectivity index (χ2n) is 5.06. The van der Waals surface area contributed by atoms with Crippen LogP contribution in [0.5, 0.6) is 0 Å². The fourth-order valence-electron chi connectivity index (χ4n) is 2.33. The molecule has 0 radical (unpaired) electrons. The van der Waals surface area contributed by atoms with Gasteiger partial charge >= 0.3 is 0 Å². The van der Waals surface area contributed by atoms with E-state index >= 15 is 0 Å². The number of rotatable bonds is 4. The molecule has 1 N–H and O–H groups in total. The Kier molecular flexibility index (Phi) is 4.59. The maximum Gasteiger partial charge on any atom is 0.262 e. The van der Waals surface area contributed by atoms with Gasteiger partial charge in [0, 0.05) is 10.6 Å². The molecule has 22 heavy (non-hydrogen) atoms. The Morgan fingerprint density at radius 3 is 3.05 bits per heavy atom. The molecule has 3 heterocycles. The molecule has 0 saturated heterocycles. The number of anilines is 1. The molecule has 3 rings (SSSR count). The van der Waals surface area contributed by atoms with Gasteiger partial charge in [-0.2, -0.15) is 5.10 Å². The molecule has 0 spiro atoms. The number of fused-ring (bicyclic) bond motifs is 1. The monoisotopic (exact) mass is 331 g/mol. The first-order chi connectivity index (χ1) is 10.7. The predicted molar refractivity (Wildman–Crippen MR) is 94.5 cm³/mol. The number of thioether (sulfide) groups is 1. The van der Waals surface area contributed by atoms with Crippen LogP contribution in [0.25, 0.3) is 10.2 Å². The van der Waals surface area contributed by atoms with Crippen LogP contribution in [0.1, 0.15) is 23.8 Å². The van der Waals surface area contributed by atoms with Crippen molar-refractivity contribution in [1.29, 1.82) is 0 Å². The van der Waals surface area contributed by atoms with Gasteiger partial charge in [0.05, 0.1) is 21.5 Å². The number of carbonyl (C=O) groups is 1. The van der Waals surface area contributed by atoms with E-state index in [1.54, 1.807) is 29.3 Å². The maximum atomic E-state index is 12.4. The second-order valence-corrected chi connectivity index (χ2v) is 7.23. The normalized spacial score (nSPS) is 14.2. The van der Waals surface area contributed by atoms with Crippen molar-refractivity contribution in [2.45, 2.75) is 26.7 Å². The standard InChI is InChI=1S/C16H17N3OS2/c1-3-6-12-10(2)14-15(22-12)11(9-17-19-14)18-16(20)13-7-4-5-8-21-13/h4-5,7,9H,3,6,8H2,1-2H3,(H,18,19,20). The van der Waals surface area contributed by atoms with Gasteiger partial charge in [0.1, 0.15) is 5.52 Å². The number of hydrogen-bond donors (Lipinski definition) is 1. The van der Waals surface area contributed by atoms with Crippen molar-refractivity contribution < 1.29 is 4.79 Å². The van der Waals surface area contributed by atoms with Crippen LogP contribution < -0.4 is 5.32 Å². The molecular weight excluding hydrogens is 314 g/mol. The molecule has 1 amide bonds. The molecule has 2 aromatic rings. The highest BCUT2D eigenvalue weighted by Gasteiger charge is 2.17. The Balaban J connectivity index is 1.93. The van der Waals surface area contributed by atoms with Crippen LogP contribution in [-0.4, -0.2) is 21.9 Å². The van der Waals surface area contributed by atoms with Crippen molar-refractivity contribution in [2.24, 2.45) is 0 Å². The van der Waals surface area contributed by atoms with E-state index < -0.39 is 0 Å². The summed E-state index contributed by atoms with van der Waals surface area (Å²) in [5.74, 6) is 0.758.